The monoisotopic (exact) mass is 230 g/mol. The summed E-state index contributed by atoms with van der Waals surface area (Å²) in [5.74, 6) is 0. The van der Waals surface area contributed by atoms with Gasteiger partial charge in [-0.2, -0.15) is 0 Å². The molecule has 2 heterocycles. The second-order valence-corrected chi connectivity index (χ2v) is 4.22. The van der Waals surface area contributed by atoms with Crippen LogP contribution in [0.2, 0.25) is 0 Å². The molecular weight excluding hydrogens is 212 g/mol. The van der Waals surface area contributed by atoms with Gasteiger partial charge in [0.15, 0.2) is 0 Å². The first-order valence-electron chi connectivity index (χ1n) is 5.83. The summed E-state index contributed by atoms with van der Waals surface area (Å²) >= 11 is 0. The van der Waals surface area contributed by atoms with Gasteiger partial charge in [-0.05, 0) is 24.6 Å². The number of rotatable bonds is 4. The Morgan fingerprint density at radius 3 is 2.71 bits per heavy atom. The number of nitrogens with zero attached hydrogens (tertiary/aromatic N) is 3. The van der Waals surface area contributed by atoms with Crippen molar-refractivity contribution in [3.05, 3.63) is 47.8 Å². The average molecular weight is 230 g/mol. The summed E-state index contributed by atoms with van der Waals surface area (Å²) < 4.78 is 2.04. The van der Waals surface area contributed by atoms with Crippen molar-refractivity contribution in [3.8, 4) is 0 Å². The van der Waals surface area contributed by atoms with Gasteiger partial charge < -0.3 is 9.88 Å². The highest BCUT2D eigenvalue weighted by Gasteiger charge is 2.16. The van der Waals surface area contributed by atoms with Crippen molar-refractivity contribution in [2.45, 2.75) is 19.9 Å². The molecule has 0 amide bonds. The van der Waals surface area contributed by atoms with Gasteiger partial charge in [-0.3, -0.25) is 4.98 Å². The molecule has 0 aliphatic rings. The molecule has 1 N–H and O–H groups in total. The molecule has 2 aromatic rings. The van der Waals surface area contributed by atoms with Gasteiger partial charge in [0, 0.05) is 19.4 Å². The third-order valence-corrected chi connectivity index (χ3v) is 2.79. The van der Waals surface area contributed by atoms with Crippen LogP contribution < -0.4 is 5.32 Å². The molecular formula is C13H18N4. The predicted octanol–water partition coefficient (Wildman–Crippen LogP) is 1.82. The van der Waals surface area contributed by atoms with E-state index in [9.17, 15) is 0 Å². The van der Waals surface area contributed by atoms with Crippen molar-refractivity contribution < 1.29 is 0 Å². The highest BCUT2D eigenvalue weighted by molar-refractivity contribution is 5.27. The van der Waals surface area contributed by atoms with Crippen molar-refractivity contribution >= 4 is 0 Å². The minimum Gasteiger partial charge on any atom is -0.336 e. The van der Waals surface area contributed by atoms with E-state index in [4.69, 9.17) is 0 Å². The number of hydrogen-bond acceptors (Lipinski definition) is 3. The fraction of sp³-hybridized carbons (Fsp3) is 0.385. The van der Waals surface area contributed by atoms with Crippen LogP contribution in [0.25, 0.3) is 0 Å². The largest absolute Gasteiger partial charge is 0.336 e. The molecule has 0 aliphatic carbocycles. The molecule has 0 radical (unpaired) electrons. The quantitative estimate of drug-likeness (QED) is 0.871. The smallest absolute Gasteiger partial charge is 0.0946 e. The van der Waals surface area contributed by atoms with E-state index in [-0.39, 0.29) is 6.04 Å². The van der Waals surface area contributed by atoms with Crippen molar-refractivity contribution in [2.75, 3.05) is 6.54 Å². The number of hydrogen-bond donors (Lipinski definition) is 1. The van der Waals surface area contributed by atoms with Crippen molar-refractivity contribution in [1.29, 1.82) is 0 Å². The third kappa shape index (κ3) is 2.53. The van der Waals surface area contributed by atoms with Crippen molar-refractivity contribution in [2.24, 2.45) is 7.05 Å². The van der Waals surface area contributed by atoms with E-state index in [1.807, 2.05) is 36.5 Å². The van der Waals surface area contributed by atoms with Crippen LogP contribution in [0, 0.1) is 6.92 Å². The lowest BCUT2D eigenvalue weighted by Gasteiger charge is -2.18. The van der Waals surface area contributed by atoms with Crippen LogP contribution in [0.4, 0.5) is 0 Å². The van der Waals surface area contributed by atoms with E-state index in [2.05, 4.69) is 35.2 Å². The maximum absolute atomic E-state index is 4.26. The van der Waals surface area contributed by atoms with Crippen molar-refractivity contribution in [1.82, 2.24) is 19.9 Å². The Kier molecular flexibility index (Phi) is 3.54. The molecule has 0 aromatic carbocycles. The Balaban J connectivity index is 2.39. The van der Waals surface area contributed by atoms with Crippen LogP contribution in [-0.4, -0.2) is 21.1 Å². The standard InChI is InChI=1S/C13H18N4/c1-4-16-13(12-8-15-9-17(12)3)11-5-10(2)6-14-7-11/h5-9,13,16H,4H2,1-3H3. The zero-order valence-electron chi connectivity index (χ0n) is 10.5. The topological polar surface area (TPSA) is 42.7 Å². The van der Waals surface area contributed by atoms with Crippen molar-refractivity contribution in [3.63, 3.8) is 0 Å². The molecule has 1 unspecified atom stereocenters. The van der Waals surface area contributed by atoms with Gasteiger partial charge in [-0.15, -0.1) is 0 Å². The normalized spacial score (nSPS) is 12.6. The lowest BCUT2D eigenvalue weighted by Crippen LogP contribution is -2.24. The molecule has 0 fully saturated rings. The zero-order chi connectivity index (χ0) is 12.3. The lowest BCUT2D eigenvalue weighted by atomic mass is 10.0. The Bertz CT molecular complexity index is 490. The van der Waals surface area contributed by atoms with Crippen LogP contribution in [-0.2, 0) is 7.05 Å². The van der Waals surface area contributed by atoms with Gasteiger partial charge in [0.1, 0.15) is 0 Å². The first-order valence-corrected chi connectivity index (χ1v) is 5.83. The first kappa shape index (κ1) is 11.8. The Hall–Kier alpha value is -1.68. The van der Waals surface area contributed by atoms with E-state index < -0.39 is 0 Å². The van der Waals surface area contributed by atoms with Crippen LogP contribution in [0.5, 0.6) is 0 Å². The maximum atomic E-state index is 4.26. The molecule has 0 saturated heterocycles. The van der Waals surface area contributed by atoms with Crippen LogP contribution in [0.3, 0.4) is 0 Å². The molecule has 0 spiro atoms. The number of aryl methyl sites for hydroxylation is 2. The van der Waals surface area contributed by atoms with Gasteiger partial charge in [0.05, 0.1) is 24.3 Å². The summed E-state index contributed by atoms with van der Waals surface area (Å²) in [5, 5.41) is 3.47. The Labute approximate surface area is 102 Å². The van der Waals surface area contributed by atoms with E-state index in [0.29, 0.717) is 0 Å². The summed E-state index contributed by atoms with van der Waals surface area (Å²) in [7, 11) is 2.01. The summed E-state index contributed by atoms with van der Waals surface area (Å²) in [6, 6.07) is 2.31. The molecule has 2 aromatic heterocycles. The summed E-state index contributed by atoms with van der Waals surface area (Å²) in [6.07, 6.45) is 7.50. The second-order valence-electron chi connectivity index (χ2n) is 4.22. The average Bonchev–Trinajstić information content (AvgIpc) is 2.72. The number of nitrogens with one attached hydrogen (secondary N) is 1. The lowest BCUT2D eigenvalue weighted by molar-refractivity contribution is 0.591. The van der Waals surface area contributed by atoms with Gasteiger partial charge in [0.2, 0.25) is 0 Å². The molecule has 0 bridgehead atoms. The molecule has 0 aliphatic heterocycles. The number of pyridine rings is 1. The summed E-state index contributed by atoms with van der Waals surface area (Å²) in [6.45, 7) is 5.07. The van der Waals surface area contributed by atoms with E-state index >= 15 is 0 Å². The molecule has 0 saturated carbocycles. The van der Waals surface area contributed by atoms with Gasteiger partial charge in [-0.25, -0.2) is 4.98 Å². The molecule has 4 nitrogen and oxygen atoms in total. The second kappa shape index (κ2) is 5.10. The summed E-state index contributed by atoms with van der Waals surface area (Å²) in [5.41, 5.74) is 3.50. The van der Waals surface area contributed by atoms with E-state index in [0.717, 1.165) is 12.2 Å². The molecule has 1 atom stereocenters. The highest BCUT2D eigenvalue weighted by atomic mass is 15.1. The molecule has 90 valence electrons. The fourth-order valence-corrected chi connectivity index (χ4v) is 1.98. The van der Waals surface area contributed by atoms with Crippen LogP contribution in [0.1, 0.15) is 29.8 Å². The highest BCUT2D eigenvalue weighted by Crippen LogP contribution is 2.21. The minimum atomic E-state index is 0.153. The molecule has 17 heavy (non-hydrogen) atoms. The third-order valence-electron chi connectivity index (χ3n) is 2.79. The van der Waals surface area contributed by atoms with Gasteiger partial charge >= 0.3 is 0 Å². The van der Waals surface area contributed by atoms with Gasteiger partial charge in [0.25, 0.3) is 0 Å². The van der Waals surface area contributed by atoms with Gasteiger partial charge in [-0.1, -0.05) is 13.0 Å². The van der Waals surface area contributed by atoms with E-state index in [1.165, 1.54) is 11.1 Å². The maximum Gasteiger partial charge on any atom is 0.0946 e. The molecule has 2 rings (SSSR count). The number of aromatic nitrogens is 3. The number of imidazole rings is 1. The zero-order valence-corrected chi connectivity index (χ0v) is 10.5. The van der Waals surface area contributed by atoms with E-state index in [1.54, 1.807) is 0 Å². The van der Waals surface area contributed by atoms with Crippen LogP contribution >= 0.6 is 0 Å². The predicted molar refractivity (Wildman–Crippen MR) is 67.7 cm³/mol. The Morgan fingerprint density at radius 2 is 2.12 bits per heavy atom. The SMILES string of the molecule is CCNC(c1cncc(C)c1)c1cncn1C. The Morgan fingerprint density at radius 1 is 1.29 bits per heavy atom. The van der Waals surface area contributed by atoms with Crippen LogP contribution in [0.15, 0.2) is 31.0 Å². The molecule has 4 heteroatoms. The summed E-state index contributed by atoms with van der Waals surface area (Å²) in [4.78, 5) is 8.43. The fourth-order valence-electron chi connectivity index (χ4n) is 1.98. The first-order chi connectivity index (χ1) is 8.22. The minimum absolute atomic E-state index is 0.153.